The van der Waals surface area contributed by atoms with E-state index >= 15 is 0 Å². The molecular formula is C18H24N2O4S. The standard InChI is InChI=1S/C18H24N2O4S/c1-18(17(21)19-2,25(3,22)23)11-15-10-16(20-24-15)14-8-6-13(7-9-14)12-4-5-12/h6-9,12,15H,4-5,10-11H2,1-3H3,(H,19,21). The van der Waals surface area contributed by atoms with Crippen LogP contribution in [0.15, 0.2) is 29.4 Å². The van der Waals surface area contributed by atoms with Gasteiger partial charge in [0, 0.05) is 26.1 Å². The summed E-state index contributed by atoms with van der Waals surface area (Å²) in [4.78, 5) is 17.6. The number of amides is 1. The number of nitrogens with one attached hydrogen (secondary N) is 1. The predicted molar refractivity (Wildman–Crippen MR) is 96.4 cm³/mol. The molecule has 0 spiro atoms. The minimum atomic E-state index is -3.60. The van der Waals surface area contributed by atoms with Gasteiger partial charge in [-0.3, -0.25) is 4.79 Å². The summed E-state index contributed by atoms with van der Waals surface area (Å²) in [7, 11) is -2.16. The molecule has 0 bridgehead atoms. The Hall–Kier alpha value is -1.89. The fourth-order valence-corrected chi connectivity index (χ4v) is 4.11. The zero-order valence-electron chi connectivity index (χ0n) is 14.8. The Kier molecular flexibility index (Phi) is 4.62. The second-order valence-electron chi connectivity index (χ2n) is 7.15. The lowest BCUT2D eigenvalue weighted by Gasteiger charge is -2.27. The maximum absolute atomic E-state index is 12.1. The Balaban J connectivity index is 1.69. The molecule has 1 aromatic rings. The van der Waals surface area contributed by atoms with Crippen LogP contribution in [0.5, 0.6) is 0 Å². The van der Waals surface area contributed by atoms with Crippen molar-refractivity contribution in [3.05, 3.63) is 35.4 Å². The summed E-state index contributed by atoms with van der Waals surface area (Å²) in [6.07, 6.45) is 3.72. The van der Waals surface area contributed by atoms with Crippen LogP contribution in [-0.2, 0) is 19.5 Å². The molecule has 0 aromatic heterocycles. The molecule has 3 rings (SSSR count). The highest BCUT2D eigenvalue weighted by Crippen LogP contribution is 2.40. The highest BCUT2D eigenvalue weighted by atomic mass is 32.2. The van der Waals surface area contributed by atoms with Gasteiger partial charge >= 0.3 is 0 Å². The number of nitrogens with zero attached hydrogens (tertiary/aromatic N) is 1. The molecule has 1 amide bonds. The predicted octanol–water partition coefficient (Wildman–Crippen LogP) is 2.00. The van der Waals surface area contributed by atoms with Crippen molar-refractivity contribution in [3.63, 3.8) is 0 Å². The summed E-state index contributed by atoms with van der Waals surface area (Å²) in [6, 6.07) is 8.31. The van der Waals surface area contributed by atoms with Gasteiger partial charge in [0.15, 0.2) is 14.6 Å². The SMILES string of the molecule is CNC(=O)C(C)(CC1CC(c2ccc(C3CC3)cc2)=NO1)S(C)(=O)=O. The van der Waals surface area contributed by atoms with Crippen molar-refractivity contribution in [2.45, 2.75) is 49.4 Å². The van der Waals surface area contributed by atoms with Crippen molar-refractivity contribution in [1.82, 2.24) is 5.32 Å². The molecule has 25 heavy (non-hydrogen) atoms. The first-order valence-corrected chi connectivity index (χ1v) is 10.4. The maximum atomic E-state index is 12.1. The monoisotopic (exact) mass is 364 g/mol. The lowest BCUT2D eigenvalue weighted by Crippen LogP contribution is -2.50. The van der Waals surface area contributed by atoms with Gasteiger partial charge in [-0.1, -0.05) is 29.4 Å². The van der Waals surface area contributed by atoms with E-state index in [2.05, 4.69) is 22.6 Å². The first-order valence-electron chi connectivity index (χ1n) is 8.49. The van der Waals surface area contributed by atoms with Crippen molar-refractivity contribution >= 4 is 21.5 Å². The number of hydrogen-bond donors (Lipinski definition) is 1. The summed E-state index contributed by atoms with van der Waals surface area (Å²) in [5.74, 6) is 0.174. The molecule has 6 nitrogen and oxygen atoms in total. The van der Waals surface area contributed by atoms with E-state index in [0.29, 0.717) is 12.3 Å². The summed E-state index contributed by atoms with van der Waals surface area (Å²) in [5, 5.41) is 6.56. The third-order valence-electron chi connectivity index (χ3n) is 5.17. The van der Waals surface area contributed by atoms with E-state index in [1.54, 1.807) is 0 Å². The third kappa shape index (κ3) is 3.56. The molecule has 1 aliphatic carbocycles. The third-order valence-corrected chi connectivity index (χ3v) is 7.16. The molecule has 2 atom stereocenters. The van der Waals surface area contributed by atoms with Crippen LogP contribution >= 0.6 is 0 Å². The summed E-state index contributed by atoms with van der Waals surface area (Å²) in [5.41, 5.74) is 3.12. The van der Waals surface area contributed by atoms with E-state index in [1.165, 1.54) is 32.4 Å². The maximum Gasteiger partial charge on any atom is 0.241 e. The fraction of sp³-hybridized carbons (Fsp3) is 0.556. The quantitative estimate of drug-likeness (QED) is 0.837. The molecular weight excluding hydrogens is 340 g/mol. The van der Waals surface area contributed by atoms with E-state index in [9.17, 15) is 13.2 Å². The Morgan fingerprint density at radius 2 is 1.96 bits per heavy atom. The van der Waals surface area contributed by atoms with Crippen LogP contribution in [-0.4, -0.2) is 44.2 Å². The molecule has 7 heteroatoms. The highest BCUT2D eigenvalue weighted by Gasteiger charge is 2.46. The molecule has 1 aromatic carbocycles. The van der Waals surface area contributed by atoms with Crippen LogP contribution in [0, 0.1) is 0 Å². The van der Waals surface area contributed by atoms with E-state index in [1.807, 2.05) is 12.1 Å². The van der Waals surface area contributed by atoms with Crippen LogP contribution < -0.4 is 5.32 Å². The van der Waals surface area contributed by atoms with Crippen LogP contribution in [0.25, 0.3) is 0 Å². The van der Waals surface area contributed by atoms with Crippen molar-refractivity contribution in [2.75, 3.05) is 13.3 Å². The summed E-state index contributed by atoms with van der Waals surface area (Å²) >= 11 is 0. The summed E-state index contributed by atoms with van der Waals surface area (Å²) in [6.45, 7) is 1.44. The second-order valence-corrected chi connectivity index (χ2v) is 9.60. The second kappa shape index (κ2) is 6.44. The normalized spacial score (nSPS) is 22.7. The van der Waals surface area contributed by atoms with Gasteiger partial charge in [0.05, 0.1) is 5.71 Å². The van der Waals surface area contributed by atoms with Crippen LogP contribution in [0.2, 0.25) is 0 Å². The van der Waals surface area contributed by atoms with Crippen molar-refractivity contribution in [1.29, 1.82) is 0 Å². The topological polar surface area (TPSA) is 84.8 Å². The zero-order chi connectivity index (χ0) is 18.2. The molecule has 1 heterocycles. The zero-order valence-corrected chi connectivity index (χ0v) is 15.6. The molecule has 1 saturated carbocycles. The highest BCUT2D eigenvalue weighted by molar-refractivity contribution is 7.92. The summed E-state index contributed by atoms with van der Waals surface area (Å²) < 4.78 is 22.8. The lowest BCUT2D eigenvalue weighted by molar-refractivity contribution is -0.123. The Labute approximate surface area is 148 Å². The van der Waals surface area contributed by atoms with Gasteiger partial charge < -0.3 is 10.2 Å². The first kappa shape index (κ1) is 17.9. The van der Waals surface area contributed by atoms with Gasteiger partial charge in [0.25, 0.3) is 0 Å². The molecule has 1 N–H and O–H groups in total. The Morgan fingerprint density at radius 1 is 1.32 bits per heavy atom. The number of oxime groups is 1. The van der Waals surface area contributed by atoms with Crippen molar-refractivity contribution in [2.24, 2.45) is 5.16 Å². The van der Waals surface area contributed by atoms with Gasteiger partial charge in [0.1, 0.15) is 6.10 Å². The first-order chi connectivity index (χ1) is 11.7. The average molecular weight is 364 g/mol. The number of carbonyl (C=O) groups excluding carboxylic acids is 1. The van der Waals surface area contributed by atoms with E-state index in [4.69, 9.17) is 4.84 Å². The van der Waals surface area contributed by atoms with E-state index in [-0.39, 0.29) is 6.42 Å². The largest absolute Gasteiger partial charge is 0.392 e. The van der Waals surface area contributed by atoms with Crippen LogP contribution in [0.1, 0.15) is 49.7 Å². The average Bonchev–Trinajstić information content (AvgIpc) is 3.33. The van der Waals surface area contributed by atoms with Gasteiger partial charge in [-0.25, -0.2) is 8.42 Å². The number of hydrogen-bond acceptors (Lipinski definition) is 5. The molecule has 2 aliphatic rings. The lowest BCUT2D eigenvalue weighted by atomic mass is 9.96. The Bertz CT molecular complexity index is 797. The fourth-order valence-electron chi connectivity index (χ4n) is 3.18. The smallest absolute Gasteiger partial charge is 0.241 e. The van der Waals surface area contributed by atoms with Gasteiger partial charge in [0.2, 0.25) is 5.91 Å². The minimum absolute atomic E-state index is 0.0681. The van der Waals surface area contributed by atoms with Gasteiger partial charge in [-0.05, 0) is 36.8 Å². The van der Waals surface area contributed by atoms with Crippen LogP contribution in [0.4, 0.5) is 0 Å². The van der Waals surface area contributed by atoms with Gasteiger partial charge in [-0.2, -0.15) is 0 Å². The van der Waals surface area contributed by atoms with E-state index in [0.717, 1.165) is 17.5 Å². The number of rotatable bonds is 6. The molecule has 136 valence electrons. The molecule has 0 saturated heterocycles. The molecule has 1 fully saturated rings. The molecule has 2 unspecified atom stereocenters. The number of benzene rings is 1. The van der Waals surface area contributed by atoms with E-state index < -0.39 is 26.6 Å². The van der Waals surface area contributed by atoms with Crippen molar-refractivity contribution < 1.29 is 18.0 Å². The molecule has 1 aliphatic heterocycles. The Morgan fingerprint density at radius 3 is 2.48 bits per heavy atom. The number of sulfone groups is 1. The van der Waals surface area contributed by atoms with Gasteiger partial charge in [-0.15, -0.1) is 0 Å². The number of carbonyl (C=O) groups is 1. The molecule has 0 radical (unpaired) electrons. The van der Waals surface area contributed by atoms with Crippen LogP contribution in [0.3, 0.4) is 0 Å². The van der Waals surface area contributed by atoms with Crippen molar-refractivity contribution in [3.8, 4) is 0 Å². The minimum Gasteiger partial charge on any atom is -0.392 e.